The van der Waals surface area contributed by atoms with Crippen molar-refractivity contribution in [1.29, 1.82) is 0 Å². The average Bonchev–Trinajstić information content (AvgIpc) is 2.82. The molecule has 5 aliphatic rings. The number of hydrogen-bond donors (Lipinski definition) is 2. The average molecular weight is 372 g/mol. The molecule has 6 atom stereocenters. The molecular weight excluding hydrogens is 344 g/mol. The molecule has 2 bridgehead atoms. The summed E-state index contributed by atoms with van der Waals surface area (Å²) in [4.78, 5) is 30.9. The van der Waals surface area contributed by atoms with Gasteiger partial charge in [-0.2, -0.15) is 0 Å². The smallest absolute Gasteiger partial charge is 0.303 e. The van der Waals surface area contributed by atoms with E-state index in [0.29, 0.717) is 17.8 Å². The summed E-state index contributed by atoms with van der Waals surface area (Å²) < 4.78 is 12.0. The van der Waals surface area contributed by atoms with Crippen LogP contribution in [0.25, 0.3) is 0 Å². The first-order valence-corrected chi connectivity index (χ1v) is 9.36. The number of ether oxygens (including phenoxy) is 2. The quantitative estimate of drug-likeness (QED) is 0.727. The van der Waals surface area contributed by atoms with E-state index in [0.717, 1.165) is 25.9 Å². The van der Waals surface area contributed by atoms with Gasteiger partial charge in [0.05, 0.1) is 19.4 Å². The van der Waals surface area contributed by atoms with E-state index < -0.39 is 17.7 Å². The number of fused-ring (bicyclic) bond motifs is 2. The standard InChI is InChI=1S/C14H22O4.C4H6O4/c1-9-3-4-10-6-8-15-12-14(10)11(9)5-7-13(2,16-12)17-18-14;5-3(6)1-2-4(7)8/h9-12H,3-8H2,1-2H3;1-2H2,(H,5,6)(H,7,8). The van der Waals surface area contributed by atoms with E-state index in [1.165, 1.54) is 12.8 Å². The van der Waals surface area contributed by atoms with Gasteiger partial charge in [-0.15, -0.1) is 0 Å². The minimum atomic E-state index is -1.08. The molecule has 0 aromatic carbocycles. The Balaban J connectivity index is 0.000000211. The Bertz CT molecular complexity index is 533. The lowest BCUT2D eigenvalue weighted by atomic mass is 9.61. The summed E-state index contributed by atoms with van der Waals surface area (Å²) in [6.07, 6.45) is 4.77. The van der Waals surface area contributed by atoms with Crippen molar-refractivity contribution < 1.29 is 39.1 Å². The largest absolute Gasteiger partial charge is 0.481 e. The van der Waals surface area contributed by atoms with E-state index in [-0.39, 0.29) is 24.7 Å². The lowest BCUT2D eigenvalue weighted by Gasteiger charge is -2.57. The third-order valence-corrected chi connectivity index (χ3v) is 6.16. The zero-order valence-corrected chi connectivity index (χ0v) is 15.3. The van der Waals surface area contributed by atoms with Crippen molar-refractivity contribution in [2.24, 2.45) is 17.8 Å². The normalized spacial score (nSPS) is 43.5. The highest BCUT2D eigenvalue weighted by Gasteiger charge is 2.66. The minimum absolute atomic E-state index is 0.231. The molecule has 8 nitrogen and oxygen atoms in total. The molecule has 4 aliphatic heterocycles. The Morgan fingerprint density at radius 1 is 1.04 bits per heavy atom. The molecule has 5 fully saturated rings. The second-order valence-corrected chi connectivity index (χ2v) is 7.95. The molecule has 0 radical (unpaired) electrons. The van der Waals surface area contributed by atoms with Crippen LogP contribution in [0.4, 0.5) is 0 Å². The fourth-order valence-electron chi connectivity index (χ4n) is 4.77. The van der Waals surface area contributed by atoms with Crippen LogP contribution in [0.1, 0.15) is 58.8 Å². The lowest BCUT2D eigenvalue weighted by Crippen LogP contribution is -2.67. The molecule has 8 heteroatoms. The van der Waals surface area contributed by atoms with Gasteiger partial charge in [-0.1, -0.05) is 6.92 Å². The Hall–Kier alpha value is -1.22. The molecule has 1 saturated carbocycles. The molecule has 1 aliphatic carbocycles. The topological polar surface area (TPSA) is 112 Å². The van der Waals surface area contributed by atoms with Gasteiger partial charge in [-0.05, 0) is 50.4 Å². The number of carbonyl (C=O) groups is 2. The molecule has 1 spiro atoms. The summed E-state index contributed by atoms with van der Waals surface area (Å²) in [6.45, 7) is 5.10. The molecule has 0 aromatic rings. The monoisotopic (exact) mass is 372 g/mol. The van der Waals surface area contributed by atoms with Crippen molar-refractivity contribution >= 4 is 11.9 Å². The van der Waals surface area contributed by atoms with Crippen LogP contribution in [0.15, 0.2) is 0 Å². The van der Waals surface area contributed by atoms with Crippen LogP contribution in [-0.2, 0) is 28.8 Å². The highest BCUT2D eigenvalue weighted by molar-refractivity contribution is 5.75. The molecule has 6 unspecified atom stereocenters. The predicted octanol–water partition coefficient (Wildman–Crippen LogP) is 2.56. The van der Waals surface area contributed by atoms with Gasteiger partial charge < -0.3 is 19.7 Å². The summed E-state index contributed by atoms with van der Waals surface area (Å²) in [7, 11) is 0. The molecule has 148 valence electrons. The summed E-state index contributed by atoms with van der Waals surface area (Å²) in [5, 5.41) is 15.8. The van der Waals surface area contributed by atoms with Gasteiger partial charge >= 0.3 is 11.9 Å². The summed E-state index contributed by atoms with van der Waals surface area (Å²) in [5.74, 6) is -1.07. The van der Waals surface area contributed by atoms with Crippen molar-refractivity contribution in [2.75, 3.05) is 6.61 Å². The van der Waals surface area contributed by atoms with Gasteiger partial charge in [0.25, 0.3) is 0 Å². The van der Waals surface area contributed by atoms with Gasteiger partial charge in [0, 0.05) is 6.42 Å². The second-order valence-electron chi connectivity index (χ2n) is 7.95. The van der Waals surface area contributed by atoms with Crippen LogP contribution >= 0.6 is 0 Å². The van der Waals surface area contributed by atoms with Gasteiger partial charge in [0.15, 0.2) is 11.9 Å². The Kier molecular flexibility index (Phi) is 5.58. The highest BCUT2D eigenvalue weighted by Crippen LogP contribution is 2.58. The zero-order valence-electron chi connectivity index (χ0n) is 15.3. The van der Waals surface area contributed by atoms with Crippen LogP contribution in [0.2, 0.25) is 0 Å². The van der Waals surface area contributed by atoms with Crippen molar-refractivity contribution in [3.05, 3.63) is 0 Å². The van der Waals surface area contributed by atoms with Gasteiger partial charge in [-0.3, -0.25) is 9.59 Å². The Labute approximate surface area is 152 Å². The Morgan fingerprint density at radius 2 is 1.73 bits per heavy atom. The fourth-order valence-corrected chi connectivity index (χ4v) is 4.77. The Morgan fingerprint density at radius 3 is 2.38 bits per heavy atom. The molecule has 5 rings (SSSR count). The van der Waals surface area contributed by atoms with Crippen LogP contribution in [0, 0.1) is 17.8 Å². The maximum Gasteiger partial charge on any atom is 0.303 e. The van der Waals surface area contributed by atoms with E-state index in [4.69, 9.17) is 29.5 Å². The minimum Gasteiger partial charge on any atom is -0.481 e. The van der Waals surface area contributed by atoms with E-state index in [9.17, 15) is 9.59 Å². The molecule has 4 saturated heterocycles. The van der Waals surface area contributed by atoms with Crippen LogP contribution in [0.5, 0.6) is 0 Å². The molecule has 26 heavy (non-hydrogen) atoms. The molecule has 4 heterocycles. The van der Waals surface area contributed by atoms with Crippen LogP contribution in [-0.4, -0.2) is 46.4 Å². The molecule has 2 N–H and O–H groups in total. The first kappa shape index (κ1) is 19.5. The van der Waals surface area contributed by atoms with Crippen LogP contribution < -0.4 is 0 Å². The van der Waals surface area contributed by atoms with Gasteiger partial charge in [0.2, 0.25) is 5.79 Å². The molecule has 0 aromatic heterocycles. The lowest BCUT2D eigenvalue weighted by molar-refractivity contribution is -0.564. The first-order valence-electron chi connectivity index (χ1n) is 9.36. The zero-order chi connectivity index (χ0) is 18.9. The van der Waals surface area contributed by atoms with E-state index >= 15 is 0 Å². The van der Waals surface area contributed by atoms with E-state index in [1.54, 1.807) is 0 Å². The number of carboxylic acid groups (broad SMARTS) is 2. The fraction of sp³-hybridized carbons (Fsp3) is 0.889. The van der Waals surface area contributed by atoms with E-state index in [2.05, 4.69) is 6.92 Å². The summed E-state index contributed by atoms with van der Waals surface area (Å²) in [5.41, 5.74) is -0.341. The maximum atomic E-state index is 9.64. The van der Waals surface area contributed by atoms with Crippen molar-refractivity contribution in [3.8, 4) is 0 Å². The van der Waals surface area contributed by atoms with Gasteiger partial charge in [0.1, 0.15) is 0 Å². The number of hydrogen-bond acceptors (Lipinski definition) is 6. The van der Waals surface area contributed by atoms with Crippen molar-refractivity contribution in [2.45, 2.75) is 76.5 Å². The first-order chi connectivity index (χ1) is 12.3. The SMILES string of the molecule is CC1CCC2CCOC3OC4(C)CCC1C23OO4.O=C(O)CCC(=O)O. The van der Waals surface area contributed by atoms with Crippen molar-refractivity contribution in [1.82, 2.24) is 0 Å². The number of rotatable bonds is 3. The molecular formula is C18H28O8. The predicted molar refractivity (Wildman–Crippen MR) is 87.9 cm³/mol. The molecule has 0 amide bonds. The van der Waals surface area contributed by atoms with Crippen molar-refractivity contribution in [3.63, 3.8) is 0 Å². The number of carboxylic acids is 2. The number of aliphatic carboxylic acids is 2. The van der Waals surface area contributed by atoms with E-state index in [1.807, 2.05) is 6.92 Å². The third kappa shape index (κ3) is 3.60. The van der Waals surface area contributed by atoms with Gasteiger partial charge in [-0.25, -0.2) is 9.78 Å². The third-order valence-electron chi connectivity index (χ3n) is 6.16. The maximum absolute atomic E-state index is 9.64. The van der Waals surface area contributed by atoms with Crippen LogP contribution in [0.3, 0.4) is 0 Å². The second kappa shape index (κ2) is 7.42. The summed E-state index contributed by atoms with van der Waals surface area (Å²) >= 11 is 0. The summed E-state index contributed by atoms with van der Waals surface area (Å²) in [6, 6.07) is 0. The highest BCUT2D eigenvalue weighted by atomic mass is 17.3.